The van der Waals surface area contributed by atoms with E-state index in [1.807, 2.05) is 13.0 Å². The average molecular weight is 326 g/mol. The highest BCUT2D eigenvalue weighted by Gasteiger charge is 2.24. The zero-order chi connectivity index (χ0) is 17.8. The molecule has 2 atom stereocenters. The van der Waals surface area contributed by atoms with Crippen molar-refractivity contribution in [2.75, 3.05) is 7.11 Å². The maximum Gasteiger partial charge on any atom is 0.309 e. The Morgan fingerprint density at radius 2 is 1.61 bits per heavy atom. The van der Waals surface area contributed by atoms with Crippen molar-refractivity contribution in [2.24, 2.45) is 0 Å². The van der Waals surface area contributed by atoms with Gasteiger partial charge in [-0.05, 0) is 19.8 Å². The minimum Gasteiger partial charge on any atom is -0.469 e. The predicted molar refractivity (Wildman–Crippen MR) is 85.5 cm³/mol. The number of rotatable bonds is 10. The lowest BCUT2D eigenvalue weighted by Crippen LogP contribution is -2.28. The van der Waals surface area contributed by atoms with Crippen LogP contribution < -0.4 is 0 Å². The minimum atomic E-state index is -0.687. The van der Waals surface area contributed by atoms with Crippen LogP contribution in [0, 0.1) is 0 Å². The summed E-state index contributed by atoms with van der Waals surface area (Å²) in [6, 6.07) is 0. The van der Waals surface area contributed by atoms with Crippen molar-refractivity contribution in [2.45, 2.75) is 58.7 Å². The van der Waals surface area contributed by atoms with Gasteiger partial charge in [-0.25, -0.2) is 0 Å². The van der Waals surface area contributed by atoms with Gasteiger partial charge in [0.15, 0.2) is 0 Å². The van der Waals surface area contributed by atoms with E-state index in [1.54, 1.807) is 6.08 Å². The molecule has 0 aromatic rings. The van der Waals surface area contributed by atoms with E-state index in [4.69, 9.17) is 9.47 Å². The van der Waals surface area contributed by atoms with E-state index in [0.29, 0.717) is 12.8 Å². The lowest BCUT2D eigenvalue weighted by Gasteiger charge is -2.23. The van der Waals surface area contributed by atoms with Crippen LogP contribution in [0.2, 0.25) is 0 Å². The Morgan fingerprint density at radius 3 is 2.09 bits per heavy atom. The second-order valence-electron chi connectivity index (χ2n) is 5.27. The van der Waals surface area contributed by atoms with E-state index < -0.39 is 30.1 Å². The van der Waals surface area contributed by atoms with E-state index >= 15 is 0 Å². The van der Waals surface area contributed by atoms with Gasteiger partial charge in [0.05, 0.1) is 13.5 Å². The van der Waals surface area contributed by atoms with Gasteiger partial charge in [0.25, 0.3) is 0 Å². The van der Waals surface area contributed by atoms with Gasteiger partial charge < -0.3 is 14.2 Å². The van der Waals surface area contributed by atoms with Crippen molar-refractivity contribution in [1.29, 1.82) is 0 Å². The van der Waals surface area contributed by atoms with Crippen LogP contribution >= 0.6 is 0 Å². The summed E-state index contributed by atoms with van der Waals surface area (Å²) in [4.78, 5) is 33.8. The highest BCUT2D eigenvalue weighted by molar-refractivity contribution is 5.71. The summed E-state index contributed by atoms with van der Waals surface area (Å²) >= 11 is 0. The van der Waals surface area contributed by atoms with Crippen molar-refractivity contribution in [3.63, 3.8) is 0 Å². The molecule has 0 bridgehead atoms. The fraction of sp³-hybridized carbons (Fsp3) is 0.588. The van der Waals surface area contributed by atoms with Gasteiger partial charge in [-0.15, -0.1) is 0 Å². The largest absolute Gasteiger partial charge is 0.469 e. The number of carbonyl (C=O) groups excluding carboxylic acids is 3. The molecule has 0 unspecified atom stereocenters. The first-order chi connectivity index (χ1) is 10.8. The second-order valence-corrected chi connectivity index (χ2v) is 5.27. The van der Waals surface area contributed by atoms with Gasteiger partial charge in [0, 0.05) is 20.3 Å². The number of carbonyl (C=O) groups is 3. The van der Waals surface area contributed by atoms with Crippen LogP contribution in [-0.4, -0.2) is 37.2 Å². The van der Waals surface area contributed by atoms with E-state index in [2.05, 4.69) is 11.3 Å². The number of allylic oxidation sites excluding steroid dienone is 3. The van der Waals surface area contributed by atoms with Gasteiger partial charge in [0.1, 0.15) is 12.2 Å². The number of methoxy groups -OCH3 is 1. The van der Waals surface area contributed by atoms with Gasteiger partial charge >= 0.3 is 17.9 Å². The lowest BCUT2D eigenvalue weighted by molar-refractivity contribution is -0.156. The molecule has 0 aliphatic carbocycles. The van der Waals surface area contributed by atoms with Gasteiger partial charge in [0.2, 0.25) is 0 Å². The van der Waals surface area contributed by atoms with Gasteiger partial charge in [-0.3, -0.25) is 14.4 Å². The molecule has 130 valence electrons. The Labute approximate surface area is 137 Å². The van der Waals surface area contributed by atoms with Gasteiger partial charge in [-0.1, -0.05) is 24.3 Å². The predicted octanol–water partition coefficient (Wildman–Crippen LogP) is 2.72. The highest BCUT2D eigenvalue weighted by atomic mass is 16.6. The number of hydrogen-bond donors (Lipinski definition) is 0. The van der Waals surface area contributed by atoms with Crippen LogP contribution in [0.4, 0.5) is 0 Å². The van der Waals surface area contributed by atoms with Crippen LogP contribution in [0.1, 0.15) is 46.5 Å². The first-order valence-electron chi connectivity index (χ1n) is 7.47. The van der Waals surface area contributed by atoms with Crippen molar-refractivity contribution in [3.8, 4) is 0 Å². The quantitative estimate of drug-likeness (QED) is 0.349. The van der Waals surface area contributed by atoms with E-state index in [1.165, 1.54) is 21.0 Å². The Hall–Kier alpha value is -2.11. The van der Waals surface area contributed by atoms with Crippen molar-refractivity contribution >= 4 is 17.9 Å². The second kappa shape index (κ2) is 11.5. The molecule has 0 amide bonds. The third-order valence-electron chi connectivity index (χ3n) is 3.08. The first-order valence-corrected chi connectivity index (χ1v) is 7.47. The number of ether oxygens (including phenoxy) is 3. The smallest absolute Gasteiger partial charge is 0.309 e. The summed E-state index contributed by atoms with van der Waals surface area (Å²) < 4.78 is 15.0. The van der Waals surface area contributed by atoms with Crippen molar-refractivity contribution < 1.29 is 28.6 Å². The molecule has 0 aromatic heterocycles. The summed E-state index contributed by atoms with van der Waals surface area (Å²) in [5, 5.41) is 0. The molecule has 6 nitrogen and oxygen atoms in total. The third kappa shape index (κ3) is 11.2. The molecule has 6 heteroatoms. The maximum atomic E-state index is 11.4. The zero-order valence-electron chi connectivity index (χ0n) is 14.3. The minimum absolute atomic E-state index is 0.0741. The van der Waals surface area contributed by atoms with Crippen molar-refractivity contribution in [3.05, 3.63) is 24.3 Å². The fourth-order valence-electron chi connectivity index (χ4n) is 2.10. The van der Waals surface area contributed by atoms with Crippen molar-refractivity contribution in [1.82, 2.24) is 0 Å². The molecule has 0 spiro atoms. The maximum absolute atomic E-state index is 11.4. The highest BCUT2D eigenvalue weighted by Crippen LogP contribution is 2.18. The molecule has 0 fully saturated rings. The van der Waals surface area contributed by atoms with Gasteiger partial charge in [-0.2, -0.15) is 0 Å². The molecule has 0 saturated carbocycles. The van der Waals surface area contributed by atoms with E-state index in [9.17, 15) is 14.4 Å². The van der Waals surface area contributed by atoms with Crippen LogP contribution in [0.15, 0.2) is 24.3 Å². The molecule has 0 N–H and O–H groups in total. The molecule has 23 heavy (non-hydrogen) atoms. The Bertz CT molecular complexity index is 452. The molecule has 0 radical (unpaired) electrons. The SMILES string of the molecule is C=C/C=C(\C)CC[C@H](C[C@@H](CC(=O)OC)OC(C)=O)OC(C)=O. The number of esters is 3. The molecule has 0 rings (SSSR count). The summed E-state index contributed by atoms with van der Waals surface area (Å²) in [6.07, 6.45) is 3.87. The molecule has 0 saturated heterocycles. The fourth-order valence-corrected chi connectivity index (χ4v) is 2.10. The Morgan fingerprint density at radius 1 is 1.04 bits per heavy atom. The average Bonchev–Trinajstić information content (AvgIpc) is 2.43. The number of hydrogen-bond acceptors (Lipinski definition) is 6. The standard InChI is InChI=1S/C17H26O6/c1-6-7-12(2)8-9-15(22-13(3)18)10-16(23-14(4)19)11-17(20)21-5/h6-7,15-16H,1,8-11H2,2-5H3/b12-7+/t15-,16+/m1/s1. The summed E-state index contributed by atoms with van der Waals surface area (Å²) in [5.41, 5.74) is 1.09. The van der Waals surface area contributed by atoms with Crippen LogP contribution in [-0.2, 0) is 28.6 Å². The summed E-state index contributed by atoms with van der Waals surface area (Å²) in [5.74, 6) is -1.40. The van der Waals surface area contributed by atoms with E-state index in [-0.39, 0.29) is 12.8 Å². The normalized spacial score (nSPS) is 13.7. The molecule has 0 aromatic carbocycles. The first kappa shape index (κ1) is 20.9. The summed E-state index contributed by atoms with van der Waals surface area (Å²) in [7, 11) is 1.26. The molecular formula is C17H26O6. The Kier molecular flexibility index (Phi) is 10.4. The summed E-state index contributed by atoms with van der Waals surface area (Å²) in [6.45, 7) is 8.16. The molecular weight excluding hydrogens is 300 g/mol. The molecule has 0 aliphatic rings. The Balaban J connectivity index is 4.85. The zero-order valence-corrected chi connectivity index (χ0v) is 14.3. The van der Waals surface area contributed by atoms with E-state index in [0.717, 1.165) is 5.57 Å². The molecule has 0 aliphatic heterocycles. The third-order valence-corrected chi connectivity index (χ3v) is 3.08. The molecule has 0 heterocycles. The van der Waals surface area contributed by atoms with Crippen LogP contribution in [0.25, 0.3) is 0 Å². The monoisotopic (exact) mass is 326 g/mol. The van der Waals surface area contributed by atoms with Crippen LogP contribution in [0.3, 0.4) is 0 Å². The topological polar surface area (TPSA) is 78.9 Å². The lowest BCUT2D eigenvalue weighted by atomic mass is 10.0. The van der Waals surface area contributed by atoms with Crippen LogP contribution in [0.5, 0.6) is 0 Å².